The standard InChI is InChI=1S/C11H15F2N.C2H6/c1-7(2)11-9(13)5-8(12)6-10(11)14(3)4;1-2/h5-7H,1-4H3;1-2H3. The third kappa shape index (κ3) is 3.47. The first kappa shape index (κ1) is 14.9. The number of halogens is 2. The molecule has 0 heterocycles. The van der Waals surface area contributed by atoms with E-state index in [2.05, 4.69) is 0 Å². The lowest BCUT2D eigenvalue weighted by Gasteiger charge is -2.20. The molecular formula is C13H21F2N. The molecule has 1 aromatic rings. The van der Waals surface area contributed by atoms with Crippen LogP contribution in [-0.4, -0.2) is 14.1 Å². The van der Waals surface area contributed by atoms with Crippen LogP contribution in [0.1, 0.15) is 39.2 Å². The maximum atomic E-state index is 13.5. The molecule has 0 bridgehead atoms. The Morgan fingerprint density at radius 2 is 1.56 bits per heavy atom. The molecule has 0 unspecified atom stereocenters. The molecule has 3 heteroatoms. The number of hydrogen-bond donors (Lipinski definition) is 0. The molecule has 92 valence electrons. The first-order valence-electron chi connectivity index (χ1n) is 5.59. The lowest BCUT2D eigenvalue weighted by molar-refractivity contribution is 0.565. The van der Waals surface area contributed by atoms with E-state index in [0.29, 0.717) is 11.3 Å². The monoisotopic (exact) mass is 229 g/mol. The summed E-state index contributed by atoms with van der Waals surface area (Å²) >= 11 is 0. The summed E-state index contributed by atoms with van der Waals surface area (Å²) in [6, 6.07) is 2.29. The molecule has 0 saturated carbocycles. The fourth-order valence-corrected chi connectivity index (χ4v) is 1.51. The zero-order valence-corrected chi connectivity index (χ0v) is 10.9. The number of nitrogens with zero attached hydrogens (tertiary/aromatic N) is 1. The molecule has 0 aromatic heterocycles. The number of anilines is 1. The van der Waals surface area contributed by atoms with Crippen LogP contribution < -0.4 is 4.90 Å². The second kappa shape index (κ2) is 6.46. The molecule has 0 aliphatic heterocycles. The summed E-state index contributed by atoms with van der Waals surface area (Å²) in [7, 11) is 3.56. The second-order valence-corrected chi connectivity index (χ2v) is 3.87. The molecule has 0 fully saturated rings. The molecule has 0 radical (unpaired) electrons. The minimum atomic E-state index is -0.532. The maximum Gasteiger partial charge on any atom is 0.131 e. The molecule has 1 aromatic carbocycles. The van der Waals surface area contributed by atoms with Gasteiger partial charge >= 0.3 is 0 Å². The highest BCUT2D eigenvalue weighted by Gasteiger charge is 2.15. The zero-order valence-electron chi connectivity index (χ0n) is 10.9. The van der Waals surface area contributed by atoms with Gasteiger partial charge in [-0.25, -0.2) is 8.78 Å². The molecular weight excluding hydrogens is 208 g/mol. The van der Waals surface area contributed by atoms with Gasteiger partial charge in [0.05, 0.1) is 0 Å². The minimum Gasteiger partial charge on any atom is -0.377 e. The molecule has 1 nitrogen and oxygen atoms in total. The van der Waals surface area contributed by atoms with E-state index in [1.54, 1.807) is 19.0 Å². The minimum absolute atomic E-state index is 0.0491. The Labute approximate surface area is 97.1 Å². The summed E-state index contributed by atoms with van der Waals surface area (Å²) < 4.78 is 26.4. The third-order valence-corrected chi connectivity index (χ3v) is 2.13. The summed E-state index contributed by atoms with van der Waals surface area (Å²) in [5.41, 5.74) is 1.17. The highest BCUT2D eigenvalue weighted by atomic mass is 19.1. The van der Waals surface area contributed by atoms with Gasteiger partial charge < -0.3 is 4.90 Å². The van der Waals surface area contributed by atoms with Crippen molar-refractivity contribution >= 4 is 5.69 Å². The summed E-state index contributed by atoms with van der Waals surface area (Å²) in [4.78, 5) is 1.72. The molecule has 1 rings (SSSR count). The van der Waals surface area contributed by atoms with Gasteiger partial charge in [-0.2, -0.15) is 0 Å². The van der Waals surface area contributed by atoms with Crippen LogP contribution in [0.2, 0.25) is 0 Å². The normalized spacial score (nSPS) is 9.81. The first-order chi connectivity index (χ1) is 7.43. The Balaban J connectivity index is 0.00000106. The Morgan fingerprint density at radius 3 is 1.94 bits per heavy atom. The maximum absolute atomic E-state index is 13.5. The Hall–Kier alpha value is -1.12. The SMILES string of the molecule is CC.CC(C)c1c(F)cc(F)cc1N(C)C. The molecule has 16 heavy (non-hydrogen) atoms. The largest absolute Gasteiger partial charge is 0.377 e. The lowest BCUT2D eigenvalue weighted by Crippen LogP contribution is -2.13. The van der Waals surface area contributed by atoms with Crippen molar-refractivity contribution in [2.45, 2.75) is 33.6 Å². The van der Waals surface area contributed by atoms with Crippen LogP contribution in [0.15, 0.2) is 12.1 Å². The predicted molar refractivity (Wildman–Crippen MR) is 66.1 cm³/mol. The van der Waals surface area contributed by atoms with Gasteiger partial charge in [0.25, 0.3) is 0 Å². The van der Waals surface area contributed by atoms with E-state index in [0.717, 1.165) is 6.07 Å². The van der Waals surface area contributed by atoms with Gasteiger partial charge in [-0.1, -0.05) is 27.7 Å². The van der Waals surface area contributed by atoms with Gasteiger partial charge in [0.1, 0.15) is 11.6 Å². The average Bonchev–Trinajstić information content (AvgIpc) is 2.18. The smallest absolute Gasteiger partial charge is 0.131 e. The Kier molecular flexibility index (Phi) is 6.01. The zero-order chi connectivity index (χ0) is 12.9. The van der Waals surface area contributed by atoms with E-state index >= 15 is 0 Å². The number of rotatable bonds is 2. The van der Waals surface area contributed by atoms with Crippen molar-refractivity contribution in [3.8, 4) is 0 Å². The van der Waals surface area contributed by atoms with E-state index in [4.69, 9.17) is 0 Å². The third-order valence-electron chi connectivity index (χ3n) is 2.13. The van der Waals surface area contributed by atoms with Gasteiger partial charge in [0, 0.05) is 31.4 Å². The van der Waals surface area contributed by atoms with Gasteiger partial charge in [-0.3, -0.25) is 0 Å². The molecule has 0 atom stereocenters. The van der Waals surface area contributed by atoms with Crippen LogP contribution in [-0.2, 0) is 0 Å². The van der Waals surface area contributed by atoms with Gasteiger partial charge in [-0.15, -0.1) is 0 Å². The Bertz CT molecular complexity index is 333. The van der Waals surface area contributed by atoms with E-state index in [-0.39, 0.29) is 5.92 Å². The second-order valence-electron chi connectivity index (χ2n) is 3.87. The van der Waals surface area contributed by atoms with Crippen molar-refractivity contribution in [3.63, 3.8) is 0 Å². The molecule has 0 saturated heterocycles. The van der Waals surface area contributed by atoms with Crippen molar-refractivity contribution in [2.24, 2.45) is 0 Å². The highest BCUT2D eigenvalue weighted by Crippen LogP contribution is 2.29. The summed E-state index contributed by atoms with van der Waals surface area (Å²) in [5.74, 6) is -0.952. The summed E-state index contributed by atoms with van der Waals surface area (Å²) in [5, 5.41) is 0. The van der Waals surface area contributed by atoms with E-state index in [1.807, 2.05) is 27.7 Å². The van der Waals surface area contributed by atoms with Crippen molar-refractivity contribution < 1.29 is 8.78 Å². The topological polar surface area (TPSA) is 3.24 Å². The fraction of sp³-hybridized carbons (Fsp3) is 0.538. The summed E-state index contributed by atoms with van der Waals surface area (Å²) in [6.45, 7) is 7.78. The van der Waals surface area contributed by atoms with Gasteiger partial charge in [-0.05, 0) is 12.0 Å². The van der Waals surface area contributed by atoms with E-state index in [1.165, 1.54) is 6.07 Å². The molecule has 0 aliphatic rings. The van der Waals surface area contributed by atoms with Gasteiger partial charge in [0.15, 0.2) is 0 Å². The van der Waals surface area contributed by atoms with Crippen molar-refractivity contribution in [1.29, 1.82) is 0 Å². The first-order valence-corrected chi connectivity index (χ1v) is 5.59. The van der Waals surface area contributed by atoms with Gasteiger partial charge in [0.2, 0.25) is 0 Å². The molecule has 0 spiro atoms. The van der Waals surface area contributed by atoms with Crippen LogP contribution in [0, 0.1) is 11.6 Å². The van der Waals surface area contributed by atoms with Crippen LogP contribution in [0.4, 0.5) is 14.5 Å². The average molecular weight is 229 g/mol. The van der Waals surface area contributed by atoms with Crippen LogP contribution in [0.5, 0.6) is 0 Å². The summed E-state index contributed by atoms with van der Waals surface area (Å²) in [6.07, 6.45) is 0. The Morgan fingerprint density at radius 1 is 1.06 bits per heavy atom. The predicted octanol–water partition coefficient (Wildman–Crippen LogP) is 4.18. The number of benzene rings is 1. The van der Waals surface area contributed by atoms with Crippen LogP contribution in [0.3, 0.4) is 0 Å². The molecule has 0 N–H and O–H groups in total. The number of hydrogen-bond acceptors (Lipinski definition) is 1. The molecule has 0 aliphatic carbocycles. The van der Waals surface area contributed by atoms with Crippen molar-refractivity contribution in [1.82, 2.24) is 0 Å². The lowest BCUT2D eigenvalue weighted by atomic mass is 10.00. The van der Waals surface area contributed by atoms with Crippen LogP contribution >= 0.6 is 0 Å². The van der Waals surface area contributed by atoms with E-state index < -0.39 is 11.6 Å². The molecule has 0 amide bonds. The highest BCUT2D eigenvalue weighted by molar-refractivity contribution is 5.54. The van der Waals surface area contributed by atoms with Crippen LogP contribution in [0.25, 0.3) is 0 Å². The van der Waals surface area contributed by atoms with Crippen molar-refractivity contribution in [2.75, 3.05) is 19.0 Å². The quantitative estimate of drug-likeness (QED) is 0.735. The fourth-order valence-electron chi connectivity index (χ4n) is 1.51. The van der Waals surface area contributed by atoms with E-state index in [9.17, 15) is 8.78 Å². The van der Waals surface area contributed by atoms with Crippen molar-refractivity contribution in [3.05, 3.63) is 29.3 Å².